The fraction of sp³-hybridized carbons (Fsp3) is 0.741. The second-order valence-corrected chi connectivity index (χ2v) is 11.5. The molecule has 31 heavy (non-hydrogen) atoms. The van der Waals surface area contributed by atoms with E-state index in [4.69, 9.17) is 0 Å². The van der Waals surface area contributed by atoms with Crippen LogP contribution in [0.3, 0.4) is 0 Å². The molecule has 0 bridgehead atoms. The molecule has 0 aromatic heterocycles. The zero-order chi connectivity index (χ0) is 21.4. The summed E-state index contributed by atoms with van der Waals surface area (Å²) in [5.74, 6) is 4.14. The van der Waals surface area contributed by atoms with Crippen molar-refractivity contribution in [2.45, 2.75) is 70.1 Å². The highest BCUT2D eigenvalue weighted by molar-refractivity contribution is 5.79. The summed E-state index contributed by atoms with van der Waals surface area (Å²) >= 11 is 0. The Labute approximate surface area is 188 Å². The number of phenols is 1. The number of phenolic OH excluding ortho intramolecular Hbond substituents is 1. The van der Waals surface area contributed by atoms with Crippen molar-refractivity contribution in [2.24, 2.45) is 23.7 Å². The highest BCUT2D eigenvalue weighted by Crippen LogP contribution is 2.54. The molecule has 1 aromatic carbocycles. The van der Waals surface area contributed by atoms with E-state index in [9.17, 15) is 9.90 Å². The van der Waals surface area contributed by atoms with Gasteiger partial charge in [-0.3, -0.25) is 4.79 Å². The fourth-order valence-corrected chi connectivity index (χ4v) is 7.39. The Morgan fingerprint density at radius 2 is 1.71 bits per heavy atom. The number of likely N-dealkylation sites (tertiary alicyclic amines) is 1. The van der Waals surface area contributed by atoms with Crippen LogP contribution >= 0.6 is 0 Å². The number of aromatic hydroxyl groups is 1. The van der Waals surface area contributed by atoms with Gasteiger partial charge in [-0.1, -0.05) is 50.3 Å². The van der Waals surface area contributed by atoms with Crippen LogP contribution in [0.1, 0.15) is 74.8 Å². The molecule has 1 amide bonds. The molecule has 3 aliphatic carbocycles. The van der Waals surface area contributed by atoms with Gasteiger partial charge in [-0.05, 0) is 43.1 Å². The Kier molecular flexibility index (Phi) is 6.02. The molecule has 1 saturated heterocycles. The highest BCUT2D eigenvalue weighted by Gasteiger charge is 2.61. The molecule has 2 unspecified atom stereocenters. The average molecular weight is 426 g/mol. The van der Waals surface area contributed by atoms with Gasteiger partial charge in [0.05, 0.1) is 33.1 Å². The Balaban J connectivity index is 1.08. The number of carbonyl (C=O) groups is 1. The van der Waals surface area contributed by atoms with Crippen molar-refractivity contribution in [3.8, 4) is 5.75 Å². The number of hydrogen-bond acceptors (Lipinski definition) is 2. The van der Waals surface area contributed by atoms with Crippen LogP contribution in [0.15, 0.2) is 18.2 Å². The maximum Gasteiger partial charge on any atom is 0.224 e. The Hall–Kier alpha value is -1.55. The largest absolute Gasteiger partial charge is 0.507 e. The topological polar surface area (TPSA) is 49.3 Å². The lowest BCUT2D eigenvalue weighted by Crippen LogP contribution is -2.48. The second kappa shape index (κ2) is 8.77. The average Bonchev–Trinajstić information content (AvgIpc) is 3.13. The van der Waals surface area contributed by atoms with Gasteiger partial charge in [0.15, 0.2) is 0 Å². The zero-order valence-corrected chi connectivity index (χ0v) is 19.3. The van der Waals surface area contributed by atoms with Gasteiger partial charge < -0.3 is 14.9 Å². The molecule has 3 saturated carbocycles. The zero-order valence-electron chi connectivity index (χ0n) is 19.3. The summed E-state index contributed by atoms with van der Waals surface area (Å²) in [4.78, 5) is 12.6. The Bertz CT molecular complexity index is 782. The first kappa shape index (κ1) is 21.3. The van der Waals surface area contributed by atoms with Crippen molar-refractivity contribution in [3.63, 3.8) is 0 Å². The number of fused-ring (bicyclic) bond motifs is 1. The first-order chi connectivity index (χ1) is 15.0. The van der Waals surface area contributed by atoms with Crippen LogP contribution in [-0.2, 0) is 11.2 Å². The van der Waals surface area contributed by atoms with Crippen molar-refractivity contribution >= 4 is 5.91 Å². The van der Waals surface area contributed by atoms with Crippen molar-refractivity contribution in [1.82, 2.24) is 5.32 Å². The monoisotopic (exact) mass is 425 g/mol. The summed E-state index contributed by atoms with van der Waals surface area (Å²) in [7, 11) is 2.47. The third kappa shape index (κ3) is 4.65. The lowest BCUT2D eigenvalue weighted by molar-refractivity contribution is -0.906. The molecule has 0 radical (unpaired) electrons. The number of amides is 1. The first-order valence-electron chi connectivity index (χ1n) is 12.9. The molecular formula is C27H41N2O2+. The lowest BCUT2D eigenvalue weighted by Gasteiger charge is -2.37. The number of nitrogens with one attached hydrogen (secondary N) is 1. The van der Waals surface area contributed by atoms with Gasteiger partial charge in [0.1, 0.15) is 5.75 Å². The third-order valence-corrected chi connectivity index (χ3v) is 9.07. The van der Waals surface area contributed by atoms with Crippen molar-refractivity contribution in [3.05, 3.63) is 29.3 Å². The molecule has 4 heteroatoms. The molecule has 0 spiro atoms. The van der Waals surface area contributed by atoms with E-state index >= 15 is 0 Å². The Morgan fingerprint density at radius 3 is 2.42 bits per heavy atom. The summed E-state index contributed by atoms with van der Waals surface area (Å²) in [6.45, 7) is 4.82. The van der Waals surface area contributed by atoms with Gasteiger partial charge in [0.2, 0.25) is 5.91 Å². The number of piperidine rings is 1. The van der Waals surface area contributed by atoms with E-state index in [1.807, 2.05) is 18.2 Å². The number of hydrogen-bond donors (Lipinski definition) is 2. The molecule has 4 aliphatic rings. The van der Waals surface area contributed by atoms with Gasteiger partial charge in [-0.2, -0.15) is 0 Å². The van der Waals surface area contributed by atoms with Crippen LogP contribution < -0.4 is 5.32 Å². The van der Waals surface area contributed by atoms with E-state index < -0.39 is 0 Å². The number of carbonyl (C=O) groups excluding carboxylic acids is 1. The Morgan fingerprint density at radius 1 is 1.03 bits per heavy atom. The molecule has 4 nitrogen and oxygen atoms in total. The number of nitrogens with zero attached hydrogens (tertiary/aromatic N) is 1. The maximum atomic E-state index is 12.6. The van der Waals surface area contributed by atoms with Gasteiger partial charge >= 0.3 is 0 Å². The standard InChI is InChI=1S/C27H40N2O2/c1-29(16-19-8-3-2-4-9-19)17-24-23(25(24)18-29)15-28-26(30)14-21-12-7-13-22(27(21)31)20-10-5-6-11-20/h7,12-13,19-20,23-25H,2-6,8-11,14-18H2,1H3,(H-,28,30,31)/p+1. The van der Waals surface area contributed by atoms with E-state index in [0.29, 0.717) is 24.0 Å². The van der Waals surface area contributed by atoms with Crippen LogP contribution in [0, 0.1) is 23.7 Å². The predicted molar refractivity (Wildman–Crippen MR) is 124 cm³/mol. The summed E-state index contributed by atoms with van der Waals surface area (Å²) in [6.07, 6.45) is 12.3. The van der Waals surface area contributed by atoms with Gasteiger partial charge in [0, 0.05) is 29.9 Å². The smallest absolute Gasteiger partial charge is 0.224 e. The number of rotatable bonds is 7. The third-order valence-electron chi connectivity index (χ3n) is 9.07. The minimum atomic E-state index is 0.0586. The van der Waals surface area contributed by atoms with Crippen LogP contribution in [0.2, 0.25) is 0 Å². The van der Waals surface area contributed by atoms with Crippen molar-refractivity contribution in [2.75, 3.05) is 33.2 Å². The van der Waals surface area contributed by atoms with E-state index in [2.05, 4.69) is 12.4 Å². The second-order valence-electron chi connectivity index (χ2n) is 11.5. The SMILES string of the molecule is C[N+]1(CC2CCCCC2)CC2C(CNC(=O)Cc3cccc(C4CCCC4)c3O)C2C1. The summed E-state index contributed by atoms with van der Waals surface area (Å²) in [6, 6.07) is 5.96. The number of para-hydroxylation sites is 1. The van der Waals surface area contributed by atoms with Gasteiger partial charge in [0.25, 0.3) is 0 Å². The normalized spacial score (nSPS) is 33.4. The quantitative estimate of drug-likeness (QED) is 0.627. The minimum absolute atomic E-state index is 0.0586. The number of benzene rings is 1. The predicted octanol–water partition coefficient (Wildman–Crippen LogP) is 4.61. The maximum absolute atomic E-state index is 12.6. The van der Waals surface area contributed by atoms with E-state index in [1.165, 1.54) is 69.1 Å². The summed E-state index contributed by atoms with van der Waals surface area (Å²) in [5.41, 5.74) is 1.84. The molecule has 2 N–H and O–H groups in total. The van der Waals surface area contributed by atoms with E-state index in [0.717, 1.165) is 48.3 Å². The molecule has 1 aliphatic heterocycles. The first-order valence-corrected chi connectivity index (χ1v) is 12.9. The van der Waals surface area contributed by atoms with Crippen LogP contribution in [-0.4, -0.2) is 48.7 Å². The summed E-state index contributed by atoms with van der Waals surface area (Å²) in [5, 5.41) is 13.9. The molecule has 170 valence electrons. The van der Waals surface area contributed by atoms with E-state index in [1.54, 1.807) is 0 Å². The molecule has 2 atom stereocenters. The van der Waals surface area contributed by atoms with Gasteiger partial charge in [-0.15, -0.1) is 0 Å². The van der Waals surface area contributed by atoms with Crippen LogP contribution in [0.5, 0.6) is 5.75 Å². The molecule has 1 aromatic rings. The van der Waals surface area contributed by atoms with Crippen molar-refractivity contribution < 1.29 is 14.4 Å². The fourth-order valence-electron chi connectivity index (χ4n) is 7.39. The lowest BCUT2D eigenvalue weighted by atomic mass is 9.88. The molecule has 4 fully saturated rings. The number of quaternary nitrogens is 1. The minimum Gasteiger partial charge on any atom is -0.507 e. The van der Waals surface area contributed by atoms with Crippen LogP contribution in [0.25, 0.3) is 0 Å². The molecule has 5 rings (SSSR count). The van der Waals surface area contributed by atoms with Crippen LogP contribution in [0.4, 0.5) is 0 Å². The summed E-state index contributed by atoms with van der Waals surface area (Å²) < 4.78 is 1.27. The van der Waals surface area contributed by atoms with E-state index in [-0.39, 0.29) is 5.91 Å². The highest BCUT2D eigenvalue weighted by atomic mass is 16.3. The van der Waals surface area contributed by atoms with Gasteiger partial charge in [-0.25, -0.2) is 0 Å². The van der Waals surface area contributed by atoms with Crippen molar-refractivity contribution in [1.29, 1.82) is 0 Å². The molecule has 1 heterocycles. The molecular weight excluding hydrogens is 384 g/mol.